The van der Waals surface area contributed by atoms with Gasteiger partial charge in [-0.15, -0.1) is 11.8 Å². The van der Waals surface area contributed by atoms with E-state index in [0.29, 0.717) is 15.0 Å². The highest BCUT2D eigenvalue weighted by molar-refractivity contribution is 8.04. The molecule has 0 amide bonds. The summed E-state index contributed by atoms with van der Waals surface area (Å²) in [6, 6.07) is 19.9. The molecular weight excluding hydrogens is 515 g/mol. The fraction of sp³-hybridized carbons (Fsp3) is 0.214. The normalized spacial score (nSPS) is 16.1. The maximum atomic E-state index is 12.1. The van der Waals surface area contributed by atoms with E-state index in [4.69, 9.17) is 37.8 Å². The highest BCUT2D eigenvalue weighted by Crippen LogP contribution is 2.41. The lowest BCUT2D eigenvalue weighted by molar-refractivity contribution is -0.135. The van der Waals surface area contributed by atoms with Gasteiger partial charge in [0.15, 0.2) is 0 Å². The molecule has 8 heteroatoms. The zero-order valence-electron chi connectivity index (χ0n) is 20.0. The second kappa shape index (κ2) is 10.2. The molecule has 0 radical (unpaired) electrons. The molecule has 0 saturated carbocycles. The van der Waals surface area contributed by atoms with Gasteiger partial charge in [0, 0.05) is 26.4 Å². The number of carbonyl (C=O) groups excluding carboxylic acids is 1. The van der Waals surface area contributed by atoms with Crippen molar-refractivity contribution in [3.05, 3.63) is 81.7 Å². The lowest BCUT2D eigenvalue weighted by atomic mass is 10.0. The van der Waals surface area contributed by atoms with Crippen molar-refractivity contribution >= 4 is 51.7 Å². The van der Waals surface area contributed by atoms with Crippen LogP contribution in [0.5, 0.6) is 5.75 Å². The summed E-state index contributed by atoms with van der Waals surface area (Å²) < 4.78 is 12.3. The molecule has 4 aromatic rings. The largest absolute Gasteiger partial charge is 0.497 e. The number of esters is 1. The fourth-order valence-electron chi connectivity index (χ4n) is 4.44. The number of benzene rings is 3. The van der Waals surface area contributed by atoms with Gasteiger partial charge in [0.05, 0.1) is 36.6 Å². The molecule has 2 unspecified atom stereocenters. The zero-order valence-corrected chi connectivity index (χ0v) is 22.3. The third kappa shape index (κ3) is 4.85. The number of fused-ring (bicyclic) bond motifs is 1. The topological polar surface area (TPSA) is 53.4 Å². The smallest absolute Gasteiger partial charge is 0.344 e. The molecule has 0 fully saturated rings. The van der Waals surface area contributed by atoms with Crippen LogP contribution in [0.3, 0.4) is 0 Å². The van der Waals surface area contributed by atoms with Crippen molar-refractivity contribution < 1.29 is 14.3 Å². The summed E-state index contributed by atoms with van der Waals surface area (Å²) in [5.74, 6) is 0.524. The van der Waals surface area contributed by atoms with Crippen molar-refractivity contribution in [2.24, 2.45) is 0 Å². The van der Waals surface area contributed by atoms with Crippen molar-refractivity contribution in [3.63, 3.8) is 0 Å². The van der Waals surface area contributed by atoms with E-state index in [1.54, 1.807) is 13.2 Å². The van der Waals surface area contributed by atoms with Gasteiger partial charge in [-0.05, 0) is 66.6 Å². The number of rotatable bonds is 6. The summed E-state index contributed by atoms with van der Waals surface area (Å²) in [5.41, 5.74) is 3.63. The Morgan fingerprint density at radius 2 is 1.72 bits per heavy atom. The van der Waals surface area contributed by atoms with Crippen LogP contribution in [0.1, 0.15) is 19.4 Å². The van der Waals surface area contributed by atoms with Gasteiger partial charge in [0.1, 0.15) is 5.75 Å². The average molecular weight is 539 g/mol. The van der Waals surface area contributed by atoms with Gasteiger partial charge in [-0.25, -0.2) is 4.79 Å². The fourth-order valence-corrected chi connectivity index (χ4v) is 6.17. The number of methoxy groups -OCH3 is 2. The van der Waals surface area contributed by atoms with E-state index < -0.39 is 0 Å². The average Bonchev–Trinajstić information content (AvgIpc) is 3.55. The number of ether oxygens (including phenoxy) is 2. The van der Waals surface area contributed by atoms with E-state index >= 15 is 0 Å². The van der Waals surface area contributed by atoms with Gasteiger partial charge in [0.25, 0.3) is 0 Å². The van der Waals surface area contributed by atoms with Crippen LogP contribution >= 0.6 is 35.0 Å². The van der Waals surface area contributed by atoms with E-state index in [2.05, 4.69) is 37.3 Å². The monoisotopic (exact) mass is 538 g/mol. The molecule has 0 spiro atoms. The minimum Gasteiger partial charge on any atom is -0.497 e. The predicted molar refractivity (Wildman–Crippen MR) is 148 cm³/mol. The Kier molecular flexibility index (Phi) is 7.02. The maximum absolute atomic E-state index is 12.1. The second-order valence-corrected chi connectivity index (χ2v) is 10.8. The number of hydrogen-bond donors (Lipinski definition) is 0. The summed E-state index contributed by atoms with van der Waals surface area (Å²) in [7, 11) is 3.07. The first-order valence-electron chi connectivity index (χ1n) is 11.5. The first-order chi connectivity index (χ1) is 17.4. The van der Waals surface area contributed by atoms with Crippen molar-refractivity contribution in [2.45, 2.75) is 24.6 Å². The Balaban J connectivity index is 1.58. The van der Waals surface area contributed by atoms with Crippen LogP contribution in [0, 0.1) is 0 Å². The molecule has 5 nitrogen and oxygen atoms in total. The quantitative estimate of drug-likeness (QED) is 0.234. The SMILES string of the molecule is COC(=O)C1=CCC(C(C)n2nc(-c3cc(Cl)cc(Cl)c3)cc2-c2ccc3cc(OC)ccc3c2)S1. The van der Waals surface area contributed by atoms with Gasteiger partial charge in [-0.3, -0.25) is 4.68 Å². The number of carbonyl (C=O) groups is 1. The summed E-state index contributed by atoms with van der Waals surface area (Å²) in [4.78, 5) is 12.7. The molecule has 0 bridgehead atoms. The molecular formula is C28H24Cl2N2O3S. The third-order valence-corrected chi connectivity index (χ3v) is 8.27. The number of aromatic nitrogens is 2. The van der Waals surface area contributed by atoms with Crippen molar-refractivity contribution in [1.29, 1.82) is 0 Å². The van der Waals surface area contributed by atoms with E-state index in [0.717, 1.165) is 45.5 Å². The number of halogens is 2. The Bertz CT molecular complexity index is 1480. The van der Waals surface area contributed by atoms with Crippen LogP contribution in [0.2, 0.25) is 10.0 Å². The summed E-state index contributed by atoms with van der Waals surface area (Å²) in [6.07, 6.45) is 2.70. The Morgan fingerprint density at radius 3 is 2.44 bits per heavy atom. The molecule has 2 atom stereocenters. The minimum atomic E-state index is -0.297. The first-order valence-corrected chi connectivity index (χ1v) is 13.1. The van der Waals surface area contributed by atoms with E-state index in [1.165, 1.54) is 18.9 Å². The predicted octanol–water partition coefficient (Wildman–Crippen LogP) is 7.81. The molecule has 1 aliphatic rings. The van der Waals surface area contributed by atoms with Crippen molar-refractivity contribution in [3.8, 4) is 28.3 Å². The van der Waals surface area contributed by atoms with Crippen LogP contribution < -0.4 is 4.74 Å². The van der Waals surface area contributed by atoms with Crippen LogP contribution in [-0.2, 0) is 9.53 Å². The van der Waals surface area contributed by atoms with Crippen molar-refractivity contribution in [2.75, 3.05) is 14.2 Å². The lowest BCUT2D eigenvalue weighted by Gasteiger charge is -2.22. The molecule has 1 aromatic heterocycles. The molecule has 1 aliphatic heterocycles. The Labute approximate surface area is 224 Å². The van der Waals surface area contributed by atoms with Crippen LogP contribution in [-0.4, -0.2) is 35.2 Å². The highest BCUT2D eigenvalue weighted by atomic mass is 35.5. The van der Waals surface area contributed by atoms with E-state index in [9.17, 15) is 4.79 Å². The molecule has 0 saturated heterocycles. The minimum absolute atomic E-state index is 0.00150. The number of nitrogens with zero attached hydrogens (tertiary/aromatic N) is 2. The standard InChI is InChI=1S/C28H24Cl2N2O3S/c1-16(26-8-9-27(36-26)28(33)35-3)32-25(15-24(31-32)20-11-21(29)14-22(30)12-20)19-5-4-18-13-23(34-2)7-6-17(18)10-19/h4-7,9-16,26H,8H2,1-3H3. The molecule has 36 heavy (non-hydrogen) atoms. The number of allylic oxidation sites excluding steroid dienone is 1. The van der Waals surface area contributed by atoms with E-state index in [-0.39, 0.29) is 17.3 Å². The van der Waals surface area contributed by atoms with Gasteiger partial charge in [0.2, 0.25) is 0 Å². The molecule has 3 aromatic carbocycles. The van der Waals surface area contributed by atoms with E-state index in [1.807, 2.05) is 35.0 Å². The molecule has 2 heterocycles. The van der Waals surface area contributed by atoms with Crippen LogP contribution in [0.15, 0.2) is 71.6 Å². The zero-order chi connectivity index (χ0) is 25.4. The maximum Gasteiger partial charge on any atom is 0.344 e. The van der Waals surface area contributed by atoms with Gasteiger partial charge >= 0.3 is 5.97 Å². The number of hydrogen-bond acceptors (Lipinski definition) is 5. The molecule has 184 valence electrons. The van der Waals surface area contributed by atoms with Gasteiger partial charge in [-0.1, -0.05) is 47.5 Å². The second-order valence-electron chi connectivity index (χ2n) is 8.64. The van der Waals surface area contributed by atoms with Crippen molar-refractivity contribution in [1.82, 2.24) is 9.78 Å². The number of thioether (sulfide) groups is 1. The summed E-state index contributed by atoms with van der Waals surface area (Å²) in [5, 5.41) is 8.45. The molecule has 0 N–H and O–H groups in total. The van der Waals surface area contributed by atoms with Gasteiger partial charge in [-0.2, -0.15) is 5.10 Å². The summed E-state index contributed by atoms with van der Waals surface area (Å²) in [6.45, 7) is 2.13. The van der Waals surface area contributed by atoms with Gasteiger partial charge < -0.3 is 9.47 Å². The lowest BCUT2D eigenvalue weighted by Crippen LogP contribution is -2.19. The molecule has 0 aliphatic carbocycles. The Hall–Kier alpha value is -2.93. The van der Waals surface area contributed by atoms with Crippen LogP contribution in [0.4, 0.5) is 0 Å². The molecule has 5 rings (SSSR count). The Morgan fingerprint density at radius 1 is 1.00 bits per heavy atom. The third-order valence-electron chi connectivity index (χ3n) is 6.36. The summed E-state index contributed by atoms with van der Waals surface area (Å²) >= 11 is 14.1. The highest BCUT2D eigenvalue weighted by Gasteiger charge is 2.30. The first kappa shape index (κ1) is 24.8. The van der Waals surface area contributed by atoms with Crippen LogP contribution in [0.25, 0.3) is 33.3 Å².